The largest absolute Gasteiger partial charge is 0.381 e. The number of benzene rings is 1. The second-order valence-electron chi connectivity index (χ2n) is 7.99. The lowest BCUT2D eigenvalue weighted by atomic mass is 9.88. The molecule has 0 unspecified atom stereocenters. The second-order valence-corrected chi connectivity index (χ2v) is 7.99. The number of hydrogen-bond donors (Lipinski definition) is 2. The molecule has 0 saturated heterocycles. The summed E-state index contributed by atoms with van der Waals surface area (Å²) in [6.07, 6.45) is 11.4. The molecule has 3 rings (SSSR count). The van der Waals surface area contributed by atoms with Crippen molar-refractivity contribution in [1.82, 2.24) is 10.1 Å². The average Bonchev–Trinajstić information content (AvgIpc) is 3.16. The number of hydrogen-bond acceptors (Lipinski definition) is 5. The van der Waals surface area contributed by atoms with Crippen LogP contribution in [-0.4, -0.2) is 21.7 Å². The van der Waals surface area contributed by atoms with Gasteiger partial charge in [-0.1, -0.05) is 44.3 Å². The minimum absolute atomic E-state index is 0.0212. The molecule has 0 atom stereocenters. The van der Waals surface area contributed by atoms with E-state index in [1.165, 1.54) is 32.1 Å². The predicted octanol–water partition coefficient (Wildman–Crippen LogP) is 6.34. The summed E-state index contributed by atoms with van der Waals surface area (Å²) in [6.45, 7) is 10.3. The number of aryl methyl sites for hydroxylation is 1. The van der Waals surface area contributed by atoms with Crippen LogP contribution in [-0.2, 0) is 0 Å². The molecule has 1 aromatic carbocycles. The summed E-state index contributed by atoms with van der Waals surface area (Å²) in [4.78, 5) is 4.40. The lowest BCUT2D eigenvalue weighted by Gasteiger charge is -2.35. The lowest BCUT2D eigenvalue weighted by Crippen LogP contribution is -2.37. The van der Waals surface area contributed by atoms with Crippen molar-refractivity contribution >= 4 is 11.4 Å². The summed E-state index contributed by atoms with van der Waals surface area (Å²) in [7, 11) is 0. The van der Waals surface area contributed by atoms with Crippen molar-refractivity contribution < 1.29 is 4.52 Å². The zero-order valence-corrected chi connectivity index (χ0v) is 17.6. The first kappa shape index (κ1) is 20.4. The van der Waals surface area contributed by atoms with E-state index in [4.69, 9.17) is 4.52 Å². The van der Waals surface area contributed by atoms with E-state index in [1.807, 2.05) is 13.0 Å². The summed E-state index contributed by atoms with van der Waals surface area (Å²) in [5, 5.41) is 11.6. The molecular formula is C23H34N4O. The lowest BCUT2D eigenvalue weighted by molar-refractivity contribution is 0.425. The van der Waals surface area contributed by atoms with Gasteiger partial charge in [-0.25, -0.2) is 0 Å². The Morgan fingerprint density at radius 2 is 1.93 bits per heavy atom. The molecule has 1 aromatic heterocycles. The molecule has 1 aliphatic carbocycles. The fourth-order valence-electron chi connectivity index (χ4n) is 4.12. The Labute approximate surface area is 169 Å². The number of aromatic nitrogens is 2. The van der Waals surface area contributed by atoms with Crippen LogP contribution in [0, 0.1) is 6.92 Å². The standard InChI is InChI=1S/C23H34N4O/c1-5-15-23(6-2,7-3)26-20-14-13-18(22-24-17(4)27-28-22)16-21(20)25-19-11-9-8-10-12-19/h5,13-14,16,19,25-26H,1,6-12,15H2,2-4H3. The molecule has 2 N–H and O–H groups in total. The van der Waals surface area contributed by atoms with Crippen LogP contribution < -0.4 is 10.6 Å². The molecule has 1 aliphatic rings. The highest BCUT2D eigenvalue weighted by atomic mass is 16.5. The van der Waals surface area contributed by atoms with Gasteiger partial charge in [0, 0.05) is 17.1 Å². The normalized spacial score (nSPS) is 15.4. The molecule has 1 saturated carbocycles. The Morgan fingerprint density at radius 1 is 1.18 bits per heavy atom. The van der Waals surface area contributed by atoms with E-state index < -0.39 is 0 Å². The van der Waals surface area contributed by atoms with Crippen LogP contribution in [0.2, 0.25) is 0 Å². The van der Waals surface area contributed by atoms with Crippen LogP contribution >= 0.6 is 0 Å². The predicted molar refractivity (Wildman–Crippen MR) is 117 cm³/mol. The molecular weight excluding hydrogens is 348 g/mol. The Balaban J connectivity index is 1.93. The average molecular weight is 383 g/mol. The van der Waals surface area contributed by atoms with Gasteiger partial charge in [0.25, 0.3) is 5.89 Å². The van der Waals surface area contributed by atoms with E-state index >= 15 is 0 Å². The maximum atomic E-state index is 5.39. The van der Waals surface area contributed by atoms with Gasteiger partial charge in [-0.05, 0) is 57.2 Å². The van der Waals surface area contributed by atoms with E-state index in [2.05, 4.69) is 59.4 Å². The quantitative estimate of drug-likeness (QED) is 0.496. The van der Waals surface area contributed by atoms with Crippen LogP contribution in [0.3, 0.4) is 0 Å². The smallest absolute Gasteiger partial charge is 0.257 e. The fraction of sp³-hybridized carbons (Fsp3) is 0.565. The monoisotopic (exact) mass is 382 g/mol. The highest BCUT2D eigenvalue weighted by Crippen LogP contribution is 2.35. The molecule has 28 heavy (non-hydrogen) atoms. The van der Waals surface area contributed by atoms with Gasteiger partial charge >= 0.3 is 0 Å². The minimum atomic E-state index is 0.0212. The van der Waals surface area contributed by atoms with E-state index in [0.29, 0.717) is 17.8 Å². The third-order valence-electron chi connectivity index (χ3n) is 6.05. The molecule has 5 heteroatoms. The van der Waals surface area contributed by atoms with Gasteiger partial charge in [0.2, 0.25) is 0 Å². The number of anilines is 2. The number of nitrogens with zero attached hydrogens (tertiary/aromatic N) is 2. The topological polar surface area (TPSA) is 63.0 Å². The van der Waals surface area contributed by atoms with Crippen molar-refractivity contribution in [3.63, 3.8) is 0 Å². The van der Waals surface area contributed by atoms with Crippen LogP contribution in [0.5, 0.6) is 0 Å². The molecule has 152 valence electrons. The van der Waals surface area contributed by atoms with Gasteiger partial charge in [0.1, 0.15) is 0 Å². The van der Waals surface area contributed by atoms with E-state index in [9.17, 15) is 0 Å². The summed E-state index contributed by atoms with van der Waals surface area (Å²) >= 11 is 0. The maximum absolute atomic E-state index is 5.39. The zero-order chi connectivity index (χ0) is 20.0. The van der Waals surface area contributed by atoms with Gasteiger partial charge < -0.3 is 15.2 Å². The Morgan fingerprint density at radius 3 is 2.54 bits per heavy atom. The van der Waals surface area contributed by atoms with Gasteiger partial charge in [0.05, 0.1) is 11.4 Å². The number of nitrogens with one attached hydrogen (secondary N) is 2. The van der Waals surface area contributed by atoms with E-state index in [1.54, 1.807) is 0 Å². The summed E-state index contributed by atoms with van der Waals surface area (Å²) in [6, 6.07) is 6.87. The van der Waals surface area contributed by atoms with Gasteiger partial charge in [0.15, 0.2) is 5.82 Å². The Bertz CT molecular complexity index is 773. The highest BCUT2D eigenvalue weighted by molar-refractivity contribution is 5.76. The number of rotatable bonds is 9. The summed E-state index contributed by atoms with van der Waals surface area (Å²) < 4.78 is 5.39. The van der Waals surface area contributed by atoms with Crippen LogP contribution in [0.15, 0.2) is 35.4 Å². The van der Waals surface area contributed by atoms with Crippen molar-refractivity contribution in [3.05, 3.63) is 36.7 Å². The molecule has 0 spiro atoms. The first-order valence-electron chi connectivity index (χ1n) is 10.7. The first-order valence-corrected chi connectivity index (χ1v) is 10.7. The van der Waals surface area contributed by atoms with Crippen molar-refractivity contribution in [3.8, 4) is 11.5 Å². The molecule has 5 nitrogen and oxygen atoms in total. The fourth-order valence-corrected chi connectivity index (χ4v) is 4.12. The van der Waals surface area contributed by atoms with Crippen molar-refractivity contribution in [2.75, 3.05) is 10.6 Å². The molecule has 1 heterocycles. The Kier molecular flexibility index (Phi) is 6.76. The van der Waals surface area contributed by atoms with Crippen LogP contribution in [0.1, 0.15) is 71.0 Å². The molecule has 1 fully saturated rings. The third-order valence-corrected chi connectivity index (χ3v) is 6.05. The van der Waals surface area contributed by atoms with Crippen molar-refractivity contribution in [2.24, 2.45) is 0 Å². The van der Waals surface area contributed by atoms with Crippen LogP contribution in [0.25, 0.3) is 11.5 Å². The molecule has 0 aliphatic heterocycles. The third kappa shape index (κ3) is 4.75. The highest BCUT2D eigenvalue weighted by Gasteiger charge is 2.26. The molecule has 2 aromatic rings. The second kappa shape index (κ2) is 9.26. The maximum Gasteiger partial charge on any atom is 0.257 e. The summed E-state index contributed by atoms with van der Waals surface area (Å²) in [5.74, 6) is 1.22. The van der Waals surface area contributed by atoms with E-state index in [0.717, 1.165) is 36.2 Å². The van der Waals surface area contributed by atoms with Crippen molar-refractivity contribution in [2.45, 2.75) is 83.7 Å². The molecule has 0 amide bonds. The molecule has 0 radical (unpaired) electrons. The summed E-state index contributed by atoms with van der Waals surface area (Å²) in [5.41, 5.74) is 3.23. The van der Waals surface area contributed by atoms with Gasteiger partial charge in [-0.15, -0.1) is 6.58 Å². The van der Waals surface area contributed by atoms with Crippen molar-refractivity contribution in [1.29, 1.82) is 0 Å². The zero-order valence-electron chi connectivity index (χ0n) is 17.6. The SMILES string of the molecule is C=CCC(CC)(CC)Nc1ccc(-c2nc(C)no2)cc1NC1CCCCC1. The van der Waals surface area contributed by atoms with Gasteiger partial charge in [-0.3, -0.25) is 0 Å². The Hall–Kier alpha value is -2.30. The van der Waals surface area contributed by atoms with Gasteiger partial charge in [-0.2, -0.15) is 4.98 Å². The first-order chi connectivity index (χ1) is 13.6. The minimum Gasteiger partial charge on any atom is -0.381 e. The van der Waals surface area contributed by atoms with E-state index in [-0.39, 0.29) is 5.54 Å². The van der Waals surface area contributed by atoms with Crippen LogP contribution in [0.4, 0.5) is 11.4 Å². The molecule has 0 bridgehead atoms.